The maximum atomic E-state index is 8.62. The molecule has 255 valence electrons. The Bertz CT molecular complexity index is 2690. The van der Waals surface area contributed by atoms with Gasteiger partial charge >= 0.3 is 0 Å². The monoisotopic (exact) mass is 851 g/mol. The molecular weight excluding hydrogens is 813 g/mol. The molecule has 0 bridgehead atoms. The van der Waals surface area contributed by atoms with Crippen LogP contribution in [0.4, 0.5) is 0 Å². The van der Waals surface area contributed by atoms with Gasteiger partial charge in [0.1, 0.15) is 5.58 Å². The first kappa shape index (κ1) is 32.3. The van der Waals surface area contributed by atoms with Crippen molar-refractivity contribution < 1.29 is 27.3 Å². The zero-order valence-electron chi connectivity index (χ0n) is 30.8. The number of para-hydroxylation sites is 1. The zero-order valence-corrected chi connectivity index (χ0v) is 31.2. The number of nitrogens with zero attached hydrogens (tertiary/aromatic N) is 2. The Balaban J connectivity index is 0.000000165. The van der Waals surface area contributed by atoms with Gasteiger partial charge in [0.05, 0.1) is 5.58 Å². The fourth-order valence-corrected chi connectivity index (χ4v) is 6.61. The third-order valence-corrected chi connectivity index (χ3v) is 9.33. The summed E-state index contributed by atoms with van der Waals surface area (Å²) in [6.07, 6.45) is 1.88. The number of furan rings is 1. The van der Waals surface area contributed by atoms with E-state index in [4.69, 9.17) is 12.1 Å². The predicted octanol–water partition coefficient (Wildman–Crippen LogP) is 12.1. The molecule has 3 heterocycles. The van der Waals surface area contributed by atoms with Crippen molar-refractivity contribution in [2.45, 2.75) is 25.6 Å². The van der Waals surface area contributed by atoms with Crippen molar-refractivity contribution in [1.82, 2.24) is 9.97 Å². The number of rotatable bonds is 6. The minimum atomic E-state index is -1.62. The summed E-state index contributed by atoms with van der Waals surface area (Å²) in [6.45, 7) is 4.51. The summed E-state index contributed by atoms with van der Waals surface area (Å²) in [7, 11) is 0. The SMILES string of the molecule is CC(C)(c1ccccc1)c1cccnc1-c1[c-]cc2ccccc2c1.[2H]C([2H])(c1ccccc1)c1ccnc(-c2[c-]ccc3c2oc2ccccc23)c1.[Ir]. The molecule has 0 atom stereocenters. The van der Waals surface area contributed by atoms with Crippen molar-refractivity contribution >= 4 is 32.7 Å². The van der Waals surface area contributed by atoms with Gasteiger partial charge in [0.15, 0.2) is 0 Å². The number of hydrogen-bond acceptors (Lipinski definition) is 3. The maximum Gasteiger partial charge on any atom is 0.120 e. The number of hydrogen-bond donors (Lipinski definition) is 0. The van der Waals surface area contributed by atoms with Crippen LogP contribution in [-0.4, -0.2) is 9.97 Å². The molecule has 0 unspecified atom stereocenters. The normalized spacial score (nSPS) is 12.0. The summed E-state index contributed by atoms with van der Waals surface area (Å²) in [5.74, 6) is 0. The van der Waals surface area contributed by atoms with Crippen LogP contribution >= 0.6 is 0 Å². The Labute approximate surface area is 321 Å². The molecule has 9 rings (SSSR count). The second-order valence-electron chi connectivity index (χ2n) is 13.0. The van der Waals surface area contributed by atoms with Crippen molar-refractivity contribution in [3.8, 4) is 22.5 Å². The van der Waals surface area contributed by atoms with Crippen LogP contribution in [0.2, 0.25) is 0 Å². The standard InChI is InChI=1S/C24H16NO.C24H20N.Ir/c1-2-7-17(8-3-1)15-18-13-14-25-22(16-18)21-11-6-10-20-19-9-4-5-12-23(19)26-24(20)21;1-24(2,21-11-4-3-5-12-21)22-13-8-16-25-23(22)20-15-14-18-9-6-7-10-19(18)17-20;/h1-10,12-14,16H,15H2;3-14,16-17H,1-2H3;/q2*-1;/i15D2;;. The Morgan fingerprint density at radius 3 is 2.21 bits per heavy atom. The van der Waals surface area contributed by atoms with E-state index < -0.39 is 6.37 Å². The van der Waals surface area contributed by atoms with Crippen LogP contribution in [0.1, 0.15) is 38.8 Å². The average molecular weight is 851 g/mol. The van der Waals surface area contributed by atoms with Crippen LogP contribution in [0.5, 0.6) is 0 Å². The first-order valence-corrected chi connectivity index (χ1v) is 17.1. The molecule has 0 saturated carbocycles. The molecule has 3 nitrogen and oxygen atoms in total. The number of fused-ring (bicyclic) bond motifs is 4. The van der Waals surface area contributed by atoms with Crippen molar-refractivity contribution in [3.63, 3.8) is 0 Å². The van der Waals surface area contributed by atoms with Gasteiger partial charge in [-0.3, -0.25) is 0 Å². The smallest absolute Gasteiger partial charge is 0.120 e. The predicted molar refractivity (Wildman–Crippen MR) is 210 cm³/mol. The first-order valence-electron chi connectivity index (χ1n) is 18.1. The van der Waals surface area contributed by atoms with Gasteiger partial charge in [-0.15, -0.1) is 47.3 Å². The molecule has 6 aromatic carbocycles. The molecule has 1 radical (unpaired) electrons. The van der Waals surface area contributed by atoms with E-state index >= 15 is 0 Å². The fourth-order valence-electron chi connectivity index (χ4n) is 6.61. The molecule has 0 saturated heterocycles. The largest absolute Gasteiger partial charge is 0.501 e. The van der Waals surface area contributed by atoms with Gasteiger partial charge in [-0.2, -0.15) is 0 Å². The van der Waals surface area contributed by atoms with Crippen LogP contribution in [0.25, 0.3) is 55.2 Å². The van der Waals surface area contributed by atoms with Gasteiger partial charge in [-0.25, -0.2) is 0 Å². The van der Waals surface area contributed by atoms with E-state index in [2.05, 4.69) is 104 Å². The quantitative estimate of drug-likeness (QED) is 0.156. The molecule has 0 spiro atoms. The molecular formula is C48H36IrN2O-2. The van der Waals surface area contributed by atoms with E-state index in [-0.39, 0.29) is 25.5 Å². The van der Waals surface area contributed by atoms with Crippen LogP contribution in [0.3, 0.4) is 0 Å². The van der Waals surface area contributed by atoms with Gasteiger partial charge < -0.3 is 14.4 Å². The molecule has 0 N–H and O–H groups in total. The second kappa shape index (κ2) is 15.3. The Kier molecular flexibility index (Phi) is 9.48. The average Bonchev–Trinajstić information content (AvgIpc) is 3.61. The number of pyridine rings is 2. The van der Waals surface area contributed by atoms with E-state index in [9.17, 15) is 0 Å². The molecule has 0 fully saturated rings. The molecule has 9 aromatic rings. The molecule has 0 aliphatic rings. The Morgan fingerprint density at radius 2 is 1.38 bits per heavy atom. The number of aromatic nitrogens is 2. The first-order chi connectivity index (χ1) is 25.8. The molecule has 3 aromatic heterocycles. The van der Waals surface area contributed by atoms with Gasteiger partial charge in [0.2, 0.25) is 0 Å². The number of benzene rings is 6. The summed E-state index contributed by atoms with van der Waals surface area (Å²) in [5, 5.41) is 4.46. The third kappa shape index (κ3) is 7.09. The van der Waals surface area contributed by atoms with E-state index in [1.54, 1.807) is 30.5 Å². The topological polar surface area (TPSA) is 38.9 Å². The van der Waals surface area contributed by atoms with Gasteiger partial charge in [-0.1, -0.05) is 151 Å². The van der Waals surface area contributed by atoms with E-state index in [1.165, 1.54) is 21.9 Å². The Morgan fingerprint density at radius 1 is 0.654 bits per heavy atom. The summed E-state index contributed by atoms with van der Waals surface area (Å²) < 4.78 is 23.3. The van der Waals surface area contributed by atoms with Crippen molar-refractivity contribution in [3.05, 3.63) is 205 Å². The fraction of sp³-hybridized carbons (Fsp3) is 0.0833. The van der Waals surface area contributed by atoms with E-state index in [0.29, 0.717) is 22.4 Å². The summed E-state index contributed by atoms with van der Waals surface area (Å²) in [6, 6.07) is 58.5. The molecule has 4 heteroatoms. The summed E-state index contributed by atoms with van der Waals surface area (Å²) in [5.41, 5.74) is 8.47. The Hall–Kier alpha value is -5.67. The van der Waals surface area contributed by atoms with Crippen LogP contribution in [0, 0.1) is 12.1 Å². The summed E-state index contributed by atoms with van der Waals surface area (Å²) in [4.78, 5) is 9.20. The molecule has 0 aliphatic carbocycles. The molecule has 52 heavy (non-hydrogen) atoms. The van der Waals surface area contributed by atoms with Crippen molar-refractivity contribution in [2.75, 3.05) is 0 Å². The van der Waals surface area contributed by atoms with Crippen molar-refractivity contribution in [1.29, 1.82) is 0 Å². The van der Waals surface area contributed by atoms with E-state index in [0.717, 1.165) is 33.2 Å². The third-order valence-electron chi connectivity index (χ3n) is 9.33. The molecule has 0 amide bonds. The van der Waals surface area contributed by atoms with Crippen LogP contribution < -0.4 is 0 Å². The van der Waals surface area contributed by atoms with Gasteiger partial charge in [0.25, 0.3) is 0 Å². The minimum absolute atomic E-state index is 0. The van der Waals surface area contributed by atoms with Gasteiger partial charge in [-0.05, 0) is 52.7 Å². The summed E-state index contributed by atoms with van der Waals surface area (Å²) >= 11 is 0. The molecule has 0 aliphatic heterocycles. The van der Waals surface area contributed by atoms with E-state index in [1.807, 2.05) is 66.9 Å². The van der Waals surface area contributed by atoms with Crippen molar-refractivity contribution in [2.24, 2.45) is 0 Å². The zero-order chi connectivity index (χ0) is 36.4. The van der Waals surface area contributed by atoms with Crippen LogP contribution in [0.15, 0.2) is 175 Å². The second-order valence-corrected chi connectivity index (χ2v) is 13.0. The van der Waals surface area contributed by atoms with Gasteiger partial charge in [0, 0.05) is 46.0 Å². The van der Waals surface area contributed by atoms with Crippen LogP contribution in [-0.2, 0) is 31.9 Å². The minimum Gasteiger partial charge on any atom is -0.501 e. The maximum absolute atomic E-state index is 8.62.